The molecule has 1 aromatic carbocycles. The Hall–Kier alpha value is -0.570. The highest BCUT2D eigenvalue weighted by atomic mass is 127. The van der Waals surface area contributed by atoms with E-state index < -0.39 is 0 Å². The lowest BCUT2D eigenvalue weighted by Gasteiger charge is -2.15. The number of allylic oxidation sites excluding steroid dienone is 3. The molecule has 1 aliphatic carbocycles. The highest BCUT2D eigenvalue weighted by Crippen LogP contribution is 2.49. The molecule has 0 spiro atoms. The average molecular weight is 352 g/mol. The first-order chi connectivity index (χ1) is 8.65. The van der Waals surface area contributed by atoms with Crippen molar-refractivity contribution in [3.8, 4) is 0 Å². The van der Waals surface area contributed by atoms with Crippen molar-refractivity contribution >= 4 is 28.2 Å². The van der Waals surface area contributed by atoms with E-state index in [0.29, 0.717) is 5.92 Å². The van der Waals surface area contributed by atoms with Gasteiger partial charge >= 0.3 is 0 Å². The van der Waals surface area contributed by atoms with Crippen LogP contribution in [0.2, 0.25) is 0 Å². The summed E-state index contributed by atoms with van der Waals surface area (Å²) in [4.78, 5) is 0. The van der Waals surface area contributed by atoms with Gasteiger partial charge in [-0.2, -0.15) is 0 Å². The van der Waals surface area contributed by atoms with E-state index in [4.69, 9.17) is 0 Å². The Kier molecular flexibility index (Phi) is 4.66. The van der Waals surface area contributed by atoms with Gasteiger partial charge in [0.2, 0.25) is 0 Å². The summed E-state index contributed by atoms with van der Waals surface area (Å²) in [5, 5.41) is 0. The van der Waals surface area contributed by atoms with Crippen molar-refractivity contribution in [3.63, 3.8) is 0 Å². The van der Waals surface area contributed by atoms with Crippen LogP contribution in [0.3, 0.4) is 0 Å². The van der Waals surface area contributed by atoms with Gasteiger partial charge in [-0.15, -0.1) is 0 Å². The fourth-order valence-electron chi connectivity index (χ4n) is 2.89. The highest BCUT2D eigenvalue weighted by molar-refractivity contribution is 14.1. The minimum Gasteiger partial charge on any atom is -0.0995 e. The van der Waals surface area contributed by atoms with Gasteiger partial charge in [-0.1, -0.05) is 55.8 Å². The molecule has 96 valence electrons. The van der Waals surface area contributed by atoms with E-state index in [0.717, 1.165) is 5.92 Å². The Bertz CT molecular complexity index is 456. The lowest BCUT2D eigenvalue weighted by atomic mass is 9.89. The van der Waals surface area contributed by atoms with Crippen LogP contribution in [-0.4, -0.2) is 0 Å². The van der Waals surface area contributed by atoms with Crippen LogP contribution in [0.15, 0.2) is 46.1 Å². The molecule has 0 heterocycles. The highest BCUT2D eigenvalue weighted by Gasteiger charge is 2.32. The summed E-state index contributed by atoms with van der Waals surface area (Å²) < 4.78 is 1.56. The molecule has 0 saturated carbocycles. The van der Waals surface area contributed by atoms with Gasteiger partial charge < -0.3 is 0 Å². The summed E-state index contributed by atoms with van der Waals surface area (Å²) in [6.45, 7) is 8.65. The molecule has 0 radical (unpaired) electrons. The first kappa shape index (κ1) is 13.9. The number of halogens is 1. The van der Waals surface area contributed by atoms with Gasteiger partial charge in [-0.3, -0.25) is 0 Å². The summed E-state index contributed by atoms with van der Waals surface area (Å²) in [7, 11) is 0. The number of hydrogen-bond acceptors (Lipinski definition) is 0. The smallest absolute Gasteiger partial charge is 0.00619 e. The molecule has 1 aliphatic rings. The molecule has 0 N–H and O–H groups in total. The van der Waals surface area contributed by atoms with E-state index in [-0.39, 0.29) is 0 Å². The minimum atomic E-state index is 0.552. The fraction of sp³-hybridized carbons (Fsp3) is 0.412. The number of benzene rings is 1. The zero-order chi connectivity index (χ0) is 13.1. The van der Waals surface area contributed by atoms with Crippen LogP contribution in [0.4, 0.5) is 0 Å². The number of rotatable bonds is 4. The SMILES string of the molecule is C=C(C)[C@H]1C[C@H](CCC)C(I)=C1c1ccccc1. The molecule has 0 amide bonds. The van der Waals surface area contributed by atoms with Gasteiger partial charge in [-0.25, -0.2) is 0 Å². The molecular formula is C17H21I. The van der Waals surface area contributed by atoms with Gasteiger partial charge in [0.1, 0.15) is 0 Å². The first-order valence-corrected chi connectivity index (χ1v) is 7.83. The van der Waals surface area contributed by atoms with Gasteiger partial charge in [0.25, 0.3) is 0 Å². The molecule has 2 rings (SSSR count). The summed E-state index contributed by atoms with van der Waals surface area (Å²) in [6.07, 6.45) is 3.83. The normalized spacial score (nSPS) is 23.5. The molecule has 0 saturated heterocycles. The summed E-state index contributed by atoms with van der Waals surface area (Å²) in [5.74, 6) is 1.29. The summed E-state index contributed by atoms with van der Waals surface area (Å²) >= 11 is 2.57. The molecular weight excluding hydrogens is 331 g/mol. The Morgan fingerprint density at radius 1 is 1.33 bits per heavy atom. The first-order valence-electron chi connectivity index (χ1n) is 6.75. The van der Waals surface area contributed by atoms with Crippen LogP contribution in [0, 0.1) is 11.8 Å². The Morgan fingerprint density at radius 2 is 2.00 bits per heavy atom. The van der Waals surface area contributed by atoms with E-state index in [1.807, 2.05) is 0 Å². The quantitative estimate of drug-likeness (QED) is 0.471. The van der Waals surface area contributed by atoms with Gasteiger partial charge in [0, 0.05) is 5.92 Å². The van der Waals surface area contributed by atoms with E-state index in [1.54, 1.807) is 3.58 Å². The Morgan fingerprint density at radius 3 is 2.56 bits per heavy atom. The van der Waals surface area contributed by atoms with Crippen LogP contribution in [0.5, 0.6) is 0 Å². The molecule has 0 bridgehead atoms. The molecule has 18 heavy (non-hydrogen) atoms. The maximum Gasteiger partial charge on any atom is 0.00619 e. The third kappa shape index (κ3) is 2.71. The molecule has 0 nitrogen and oxygen atoms in total. The third-order valence-electron chi connectivity index (χ3n) is 3.80. The zero-order valence-electron chi connectivity index (χ0n) is 11.2. The van der Waals surface area contributed by atoms with E-state index >= 15 is 0 Å². The lowest BCUT2D eigenvalue weighted by Crippen LogP contribution is -2.02. The predicted molar refractivity (Wildman–Crippen MR) is 88.7 cm³/mol. The second-order valence-corrected chi connectivity index (χ2v) is 6.41. The van der Waals surface area contributed by atoms with Gasteiger partial charge in [0.05, 0.1) is 0 Å². The molecule has 0 fully saturated rings. The van der Waals surface area contributed by atoms with Crippen LogP contribution in [0.25, 0.3) is 5.57 Å². The third-order valence-corrected chi connectivity index (χ3v) is 5.26. The van der Waals surface area contributed by atoms with Crippen molar-refractivity contribution in [2.45, 2.75) is 33.1 Å². The van der Waals surface area contributed by atoms with Crippen LogP contribution < -0.4 is 0 Å². The number of hydrogen-bond donors (Lipinski definition) is 0. The molecule has 0 aromatic heterocycles. The van der Waals surface area contributed by atoms with Crippen LogP contribution >= 0.6 is 22.6 Å². The van der Waals surface area contributed by atoms with Crippen molar-refractivity contribution in [2.75, 3.05) is 0 Å². The Labute approximate surface area is 124 Å². The lowest BCUT2D eigenvalue weighted by molar-refractivity contribution is 0.523. The van der Waals surface area contributed by atoms with Gasteiger partial charge in [0.15, 0.2) is 0 Å². The maximum absolute atomic E-state index is 4.20. The average Bonchev–Trinajstić information content (AvgIpc) is 2.69. The molecule has 1 heteroatoms. The second-order valence-electron chi connectivity index (χ2n) is 5.25. The maximum atomic E-state index is 4.20. The molecule has 0 aliphatic heterocycles. The fourth-order valence-corrected chi connectivity index (χ4v) is 4.14. The van der Waals surface area contributed by atoms with Crippen LogP contribution in [-0.2, 0) is 0 Å². The minimum absolute atomic E-state index is 0.552. The van der Waals surface area contributed by atoms with E-state index in [2.05, 4.69) is 73.3 Å². The zero-order valence-corrected chi connectivity index (χ0v) is 13.4. The molecule has 1 aromatic rings. The molecule has 2 atom stereocenters. The predicted octanol–water partition coefficient (Wildman–Crippen LogP) is 5.85. The van der Waals surface area contributed by atoms with Crippen molar-refractivity contribution < 1.29 is 0 Å². The molecule has 0 unspecified atom stereocenters. The van der Waals surface area contributed by atoms with Crippen LogP contribution in [0.1, 0.15) is 38.7 Å². The largest absolute Gasteiger partial charge is 0.0995 e. The Balaban J connectivity index is 2.41. The van der Waals surface area contributed by atoms with Crippen molar-refractivity contribution in [2.24, 2.45) is 11.8 Å². The second kappa shape index (κ2) is 6.05. The summed E-state index contributed by atoms with van der Waals surface area (Å²) in [6, 6.07) is 10.8. The van der Waals surface area contributed by atoms with Gasteiger partial charge in [-0.05, 0) is 63.0 Å². The van der Waals surface area contributed by atoms with Crippen molar-refractivity contribution in [1.29, 1.82) is 0 Å². The van der Waals surface area contributed by atoms with E-state index in [1.165, 1.54) is 36.0 Å². The summed E-state index contributed by atoms with van der Waals surface area (Å²) in [5.41, 5.74) is 4.22. The van der Waals surface area contributed by atoms with E-state index in [9.17, 15) is 0 Å². The van der Waals surface area contributed by atoms with Crippen molar-refractivity contribution in [3.05, 3.63) is 51.6 Å². The monoisotopic (exact) mass is 352 g/mol. The van der Waals surface area contributed by atoms with Crippen molar-refractivity contribution in [1.82, 2.24) is 0 Å². The standard InChI is InChI=1S/C17H21I/c1-4-8-14-11-15(12(2)3)16(17(14)18)13-9-6-5-7-10-13/h5-7,9-10,14-15H,2,4,8,11H2,1,3H3/t14-,15+/m0/s1. The topological polar surface area (TPSA) is 0 Å².